The first-order chi connectivity index (χ1) is 12.9. The molecule has 27 heavy (non-hydrogen) atoms. The molecule has 1 N–H and O–H groups in total. The van der Waals surface area contributed by atoms with Gasteiger partial charge in [0.15, 0.2) is 0 Å². The van der Waals surface area contributed by atoms with E-state index in [2.05, 4.69) is 29.6 Å². The molecule has 0 heterocycles. The van der Waals surface area contributed by atoms with E-state index in [1.807, 2.05) is 25.1 Å². The number of hydrogen-bond donors (Lipinski definition) is 1. The van der Waals surface area contributed by atoms with Crippen molar-refractivity contribution in [1.29, 1.82) is 0 Å². The number of nitrogens with one attached hydrogen (secondary N) is 1. The molecular formula is C21H25ClN2O2S. The van der Waals surface area contributed by atoms with Gasteiger partial charge in [0.2, 0.25) is 11.8 Å². The third kappa shape index (κ3) is 6.29. The SMILES string of the molecule is CNC(=O)[C@@H](C)N(Cc1ccccc1Cl)C(=O)CCSc1ccc(C)cc1. The van der Waals surface area contributed by atoms with Gasteiger partial charge in [0.25, 0.3) is 0 Å². The first-order valence-electron chi connectivity index (χ1n) is 8.86. The average molecular weight is 405 g/mol. The van der Waals surface area contributed by atoms with Gasteiger partial charge in [0, 0.05) is 35.7 Å². The van der Waals surface area contributed by atoms with Gasteiger partial charge in [0.1, 0.15) is 6.04 Å². The standard InChI is InChI=1S/C21H25ClN2O2S/c1-15-8-10-18(11-9-15)27-13-12-20(25)24(16(2)21(26)23-3)14-17-6-4-5-7-19(17)22/h4-11,16H,12-14H2,1-3H3,(H,23,26)/t16-/m1/s1. The minimum atomic E-state index is -0.567. The van der Waals surface area contributed by atoms with Gasteiger partial charge >= 0.3 is 0 Å². The van der Waals surface area contributed by atoms with Crippen LogP contribution in [0.1, 0.15) is 24.5 Å². The maximum absolute atomic E-state index is 12.9. The smallest absolute Gasteiger partial charge is 0.242 e. The van der Waals surface area contributed by atoms with Crippen molar-refractivity contribution < 1.29 is 9.59 Å². The summed E-state index contributed by atoms with van der Waals surface area (Å²) in [6.45, 7) is 4.09. The lowest BCUT2D eigenvalue weighted by atomic mass is 10.1. The molecule has 0 aliphatic carbocycles. The molecule has 0 radical (unpaired) electrons. The van der Waals surface area contributed by atoms with Crippen LogP contribution in [-0.4, -0.2) is 35.6 Å². The van der Waals surface area contributed by atoms with Crippen molar-refractivity contribution in [2.45, 2.75) is 37.8 Å². The van der Waals surface area contributed by atoms with Crippen molar-refractivity contribution in [3.63, 3.8) is 0 Å². The number of carbonyl (C=O) groups excluding carboxylic acids is 2. The first-order valence-corrected chi connectivity index (χ1v) is 10.2. The molecule has 0 bridgehead atoms. The van der Waals surface area contributed by atoms with E-state index in [0.717, 1.165) is 10.5 Å². The Morgan fingerprint density at radius 3 is 2.44 bits per heavy atom. The van der Waals surface area contributed by atoms with Crippen molar-refractivity contribution in [1.82, 2.24) is 10.2 Å². The molecule has 1 atom stereocenters. The Bertz CT molecular complexity index is 780. The van der Waals surface area contributed by atoms with Gasteiger partial charge in [-0.05, 0) is 37.6 Å². The molecule has 0 aliphatic heterocycles. The van der Waals surface area contributed by atoms with E-state index in [4.69, 9.17) is 11.6 Å². The van der Waals surface area contributed by atoms with Gasteiger partial charge in [0.05, 0.1) is 0 Å². The van der Waals surface area contributed by atoms with Crippen LogP contribution in [0.15, 0.2) is 53.4 Å². The summed E-state index contributed by atoms with van der Waals surface area (Å²) in [7, 11) is 1.57. The van der Waals surface area contributed by atoms with Crippen molar-refractivity contribution in [2.24, 2.45) is 0 Å². The van der Waals surface area contributed by atoms with E-state index in [0.29, 0.717) is 23.7 Å². The van der Waals surface area contributed by atoms with Crippen LogP contribution in [-0.2, 0) is 16.1 Å². The molecule has 0 aromatic heterocycles. The Morgan fingerprint density at radius 1 is 1.15 bits per heavy atom. The van der Waals surface area contributed by atoms with Crippen molar-refractivity contribution in [2.75, 3.05) is 12.8 Å². The quantitative estimate of drug-likeness (QED) is 0.667. The number of hydrogen-bond acceptors (Lipinski definition) is 3. The summed E-state index contributed by atoms with van der Waals surface area (Å²) >= 11 is 7.88. The van der Waals surface area contributed by atoms with Gasteiger partial charge < -0.3 is 10.2 Å². The maximum atomic E-state index is 12.9. The molecule has 0 unspecified atom stereocenters. The summed E-state index contributed by atoms with van der Waals surface area (Å²) in [5, 5.41) is 3.21. The number of aryl methyl sites for hydroxylation is 1. The Kier molecular flexibility index (Phi) is 8.20. The molecular weight excluding hydrogens is 380 g/mol. The van der Waals surface area contributed by atoms with E-state index < -0.39 is 6.04 Å². The lowest BCUT2D eigenvalue weighted by Crippen LogP contribution is -2.46. The molecule has 144 valence electrons. The second-order valence-electron chi connectivity index (χ2n) is 6.31. The van der Waals surface area contributed by atoms with Gasteiger partial charge in [-0.25, -0.2) is 0 Å². The summed E-state index contributed by atoms with van der Waals surface area (Å²) in [5.74, 6) is 0.397. The number of carbonyl (C=O) groups is 2. The van der Waals surface area contributed by atoms with Crippen LogP contribution in [0.3, 0.4) is 0 Å². The average Bonchev–Trinajstić information content (AvgIpc) is 2.67. The zero-order chi connectivity index (χ0) is 19.8. The number of likely N-dealkylation sites (N-methyl/N-ethyl adjacent to an activating group) is 1. The predicted octanol–water partition coefficient (Wildman–Crippen LogP) is 4.29. The molecule has 0 aliphatic rings. The van der Waals surface area contributed by atoms with Gasteiger partial charge in [-0.15, -0.1) is 11.8 Å². The minimum absolute atomic E-state index is 0.0642. The van der Waals surface area contributed by atoms with E-state index in [-0.39, 0.29) is 11.8 Å². The summed E-state index contributed by atoms with van der Waals surface area (Å²) in [6, 6.07) is 15.0. The van der Waals surface area contributed by atoms with Crippen molar-refractivity contribution >= 4 is 35.2 Å². The highest BCUT2D eigenvalue weighted by Crippen LogP contribution is 2.22. The van der Waals surface area contributed by atoms with Gasteiger partial charge in [-0.2, -0.15) is 0 Å². The van der Waals surface area contributed by atoms with Crippen LogP contribution in [0.4, 0.5) is 0 Å². The van der Waals surface area contributed by atoms with Crippen molar-refractivity contribution in [3.05, 3.63) is 64.7 Å². The third-order valence-corrected chi connectivity index (χ3v) is 5.70. The largest absolute Gasteiger partial charge is 0.357 e. The molecule has 4 nitrogen and oxygen atoms in total. The Balaban J connectivity index is 2.04. The summed E-state index contributed by atoms with van der Waals surface area (Å²) < 4.78 is 0. The van der Waals surface area contributed by atoms with Gasteiger partial charge in [-0.3, -0.25) is 9.59 Å². The van der Waals surface area contributed by atoms with Crippen LogP contribution in [0.2, 0.25) is 5.02 Å². The highest BCUT2D eigenvalue weighted by molar-refractivity contribution is 7.99. The van der Waals surface area contributed by atoms with E-state index in [1.54, 1.807) is 36.7 Å². The summed E-state index contributed by atoms with van der Waals surface area (Å²) in [4.78, 5) is 27.7. The lowest BCUT2D eigenvalue weighted by Gasteiger charge is -2.28. The Hall–Kier alpha value is -1.98. The molecule has 0 fully saturated rings. The number of rotatable bonds is 8. The number of nitrogens with zero attached hydrogens (tertiary/aromatic N) is 1. The first kappa shape index (κ1) is 21.3. The fraction of sp³-hybridized carbons (Fsp3) is 0.333. The van der Waals surface area contributed by atoms with Crippen LogP contribution >= 0.6 is 23.4 Å². The molecule has 2 rings (SSSR count). The number of benzene rings is 2. The van der Waals surface area contributed by atoms with Crippen molar-refractivity contribution in [3.8, 4) is 0 Å². The Labute approximate surface area is 170 Å². The zero-order valence-corrected chi connectivity index (χ0v) is 17.4. The Morgan fingerprint density at radius 2 is 1.81 bits per heavy atom. The van der Waals surface area contributed by atoms with E-state index in [1.165, 1.54) is 5.56 Å². The number of amides is 2. The van der Waals surface area contributed by atoms with E-state index >= 15 is 0 Å². The molecule has 0 saturated heterocycles. The fourth-order valence-corrected chi connectivity index (χ4v) is 3.67. The van der Waals surface area contributed by atoms with Crippen LogP contribution < -0.4 is 5.32 Å². The second kappa shape index (κ2) is 10.4. The molecule has 6 heteroatoms. The third-order valence-electron chi connectivity index (χ3n) is 4.32. The highest BCUT2D eigenvalue weighted by Gasteiger charge is 2.25. The summed E-state index contributed by atoms with van der Waals surface area (Å²) in [5.41, 5.74) is 2.04. The lowest BCUT2D eigenvalue weighted by molar-refractivity contribution is -0.140. The van der Waals surface area contributed by atoms with Crippen LogP contribution in [0.5, 0.6) is 0 Å². The topological polar surface area (TPSA) is 49.4 Å². The van der Waals surface area contributed by atoms with Gasteiger partial charge in [-0.1, -0.05) is 47.5 Å². The monoisotopic (exact) mass is 404 g/mol. The second-order valence-corrected chi connectivity index (χ2v) is 7.89. The van der Waals surface area contributed by atoms with Crippen LogP contribution in [0, 0.1) is 6.92 Å². The molecule has 2 aromatic carbocycles. The normalized spacial score (nSPS) is 11.7. The predicted molar refractivity (Wildman–Crippen MR) is 112 cm³/mol. The van der Waals surface area contributed by atoms with E-state index in [9.17, 15) is 9.59 Å². The molecule has 0 spiro atoms. The van der Waals surface area contributed by atoms with Crippen LogP contribution in [0.25, 0.3) is 0 Å². The summed E-state index contributed by atoms with van der Waals surface area (Å²) in [6.07, 6.45) is 0.352. The number of thioether (sulfide) groups is 1. The minimum Gasteiger partial charge on any atom is -0.357 e. The maximum Gasteiger partial charge on any atom is 0.242 e. The number of halogens is 1. The fourth-order valence-electron chi connectivity index (χ4n) is 2.64. The molecule has 0 saturated carbocycles. The molecule has 2 amide bonds. The zero-order valence-electron chi connectivity index (χ0n) is 15.9. The highest BCUT2D eigenvalue weighted by atomic mass is 35.5. The molecule has 2 aromatic rings.